The van der Waals surface area contributed by atoms with Crippen LogP contribution in [0.25, 0.3) is 0 Å². The van der Waals surface area contributed by atoms with Crippen LogP contribution in [0.5, 0.6) is 5.75 Å². The maximum atomic E-state index is 5.84. The van der Waals surface area contributed by atoms with Crippen molar-refractivity contribution in [2.45, 2.75) is 26.4 Å². The largest absolute Gasteiger partial charge is 0.489 e. The zero-order valence-electron chi connectivity index (χ0n) is 10.5. The molecule has 2 aromatic carbocycles. The van der Waals surface area contributed by atoms with E-state index in [2.05, 4.69) is 19.1 Å². The van der Waals surface area contributed by atoms with Crippen LogP contribution in [0.2, 0.25) is 5.02 Å². The summed E-state index contributed by atoms with van der Waals surface area (Å²) in [5.74, 6) is 0.907. The smallest absolute Gasteiger partial charge is 0.119 e. The van der Waals surface area contributed by atoms with E-state index in [1.165, 1.54) is 12.0 Å². The van der Waals surface area contributed by atoms with Crippen molar-refractivity contribution in [1.82, 2.24) is 0 Å². The average molecular weight is 261 g/mol. The van der Waals surface area contributed by atoms with Gasteiger partial charge in [-0.2, -0.15) is 0 Å². The summed E-state index contributed by atoms with van der Waals surface area (Å²) in [6, 6.07) is 16.0. The van der Waals surface area contributed by atoms with Crippen molar-refractivity contribution in [3.8, 4) is 5.75 Å². The van der Waals surface area contributed by atoms with Gasteiger partial charge in [0, 0.05) is 5.02 Å². The molecule has 0 saturated heterocycles. The van der Waals surface area contributed by atoms with Crippen LogP contribution in [0.3, 0.4) is 0 Å². The highest BCUT2D eigenvalue weighted by Gasteiger charge is 1.97. The second-order valence-corrected chi connectivity index (χ2v) is 4.75. The molecular formula is C16H17ClO. The molecule has 1 nitrogen and oxygen atoms in total. The first kappa shape index (κ1) is 13.0. The molecule has 0 N–H and O–H groups in total. The number of hydrogen-bond acceptors (Lipinski definition) is 1. The fourth-order valence-corrected chi connectivity index (χ4v) is 1.91. The van der Waals surface area contributed by atoms with Crippen molar-refractivity contribution in [3.05, 3.63) is 64.7 Å². The second kappa shape index (κ2) is 6.46. The number of hydrogen-bond donors (Lipinski definition) is 0. The molecule has 0 aromatic heterocycles. The number of ether oxygens (including phenoxy) is 1. The Morgan fingerprint density at radius 2 is 1.50 bits per heavy atom. The Morgan fingerprint density at radius 3 is 2.11 bits per heavy atom. The molecular weight excluding hydrogens is 244 g/mol. The van der Waals surface area contributed by atoms with Gasteiger partial charge in [-0.3, -0.25) is 0 Å². The predicted molar refractivity (Wildman–Crippen MR) is 76.2 cm³/mol. The minimum atomic E-state index is 0.574. The van der Waals surface area contributed by atoms with Crippen molar-refractivity contribution in [2.75, 3.05) is 0 Å². The maximum absolute atomic E-state index is 5.84. The van der Waals surface area contributed by atoms with Gasteiger partial charge in [-0.1, -0.05) is 49.2 Å². The Hall–Kier alpha value is -1.47. The van der Waals surface area contributed by atoms with E-state index in [9.17, 15) is 0 Å². The quantitative estimate of drug-likeness (QED) is 0.745. The lowest BCUT2D eigenvalue weighted by Crippen LogP contribution is -1.95. The molecule has 0 heterocycles. The van der Waals surface area contributed by atoms with E-state index < -0.39 is 0 Å². The van der Waals surface area contributed by atoms with E-state index in [0.717, 1.165) is 22.8 Å². The lowest BCUT2D eigenvalue weighted by Gasteiger charge is -2.07. The Labute approximate surface area is 113 Å². The van der Waals surface area contributed by atoms with Gasteiger partial charge in [-0.05, 0) is 41.8 Å². The van der Waals surface area contributed by atoms with Crippen molar-refractivity contribution < 1.29 is 4.74 Å². The summed E-state index contributed by atoms with van der Waals surface area (Å²) in [5.41, 5.74) is 2.48. The number of halogens is 1. The van der Waals surface area contributed by atoms with Crippen LogP contribution in [0.4, 0.5) is 0 Å². The highest BCUT2D eigenvalue weighted by Crippen LogP contribution is 2.16. The SMILES string of the molecule is CCCc1ccc(OCc2ccc(Cl)cc2)cc1. The number of aryl methyl sites for hydroxylation is 1. The van der Waals surface area contributed by atoms with E-state index in [0.29, 0.717) is 6.61 Å². The van der Waals surface area contributed by atoms with Gasteiger partial charge in [0.15, 0.2) is 0 Å². The molecule has 0 radical (unpaired) electrons. The highest BCUT2D eigenvalue weighted by atomic mass is 35.5. The Morgan fingerprint density at radius 1 is 0.889 bits per heavy atom. The van der Waals surface area contributed by atoms with E-state index in [-0.39, 0.29) is 0 Å². The molecule has 0 aliphatic rings. The monoisotopic (exact) mass is 260 g/mol. The van der Waals surface area contributed by atoms with E-state index in [4.69, 9.17) is 16.3 Å². The zero-order valence-corrected chi connectivity index (χ0v) is 11.3. The van der Waals surface area contributed by atoms with Gasteiger partial charge in [-0.15, -0.1) is 0 Å². The molecule has 2 aromatic rings. The summed E-state index contributed by atoms with van der Waals surface area (Å²) in [7, 11) is 0. The summed E-state index contributed by atoms with van der Waals surface area (Å²) in [5, 5.41) is 0.752. The summed E-state index contributed by atoms with van der Waals surface area (Å²) >= 11 is 5.84. The Kier molecular flexibility index (Phi) is 4.66. The molecule has 18 heavy (non-hydrogen) atoms. The number of rotatable bonds is 5. The van der Waals surface area contributed by atoms with Crippen LogP contribution in [-0.2, 0) is 13.0 Å². The lowest BCUT2D eigenvalue weighted by molar-refractivity contribution is 0.306. The normalized spacial score (nSPS) is 10.3. The highest BCUT2D eigenvalue weighted by molar-refractivity contribution is 6.30. The summed E-state index contributed by atoms with van der Waals surface area (Å²) in [4.78, 5) is 0. The van der Waals surface area contributed by atoms with Gasteiger partial charge in [0.05, 0.1) is 0 Å². The van der Waals surface area contributed by atoms with E-state index in [1.807, 2.05) is 36.4 Å². The van der Waals surface area contributed by atoms with Crippen molar-refractivity contribution in [3.63, 3.8) is 0 Å². The Bertz CT molecular complexity index is 473. The summed E-state index contributed by atoms with van der Waals surface area (Å²) < 4.78 is 5.72. The van der Waals surface area contributed by atoms with Crippen molar-refractivity contribution in [1.29, 1.82) is 0 Å². The third kappa shape index (κ3) is 3.78. The average Bonchev–Trinajstić information content (AvgIpc) is 2.40. The van der Waals surface area contributed by atoms with Crippen LogP contribution in [0.1, 0.15) is 24.5 Å². The summed E-state index contributed by atoms with van der Waals surface area (Å²) in [6.45, 7) is 2.76. The van der Waals surface area contributed by atoms with Gasteiger partial charge in [0.1, 0.15) is 12.4 Å². The van der Waals surface area contributed by atoms with Crippen molar-refractivity contribution >= 4 is 11.6 Å². The van der Waals surface area contributed by atoms with E-state index in [1.54, 1.807) is 0 Å². The summed E-state index contributed by atoms with van der Waals surface area (Å²) in [6.07, 6.45) is 2.29. The zero-order chi connectivity index (χ0) is 12.8. The lowest BCUT2D eigenvalue weighted by atomic mass is 10.1. The third-order valence-electron chi connectivity index (χ3n) is 2.78. The van der Waals surface area contributed by atoms with E-state index >= 15 is 0 Å². The first-order chi connectivity index (χ1) is 8.78. The third-order valence-corrected chi connectivity index (χ3v) is 3.03. The van der Waals surface area contributed by atoms with Gasteiger partial charge < -0.3 is 4.74 Å². The molecule has 0 bridgehead atoms. The molecule has 0 fully saturated rings. The molecule has 2 rings (SSSR count). The molecule has 0 unspecified atom stereocenters. The topological polar surface area (TPSA) is 9.23 Å². The molecule has 94 valence electrons. The van der Waals surface area contributed by atoms with Crippen LogP contribution < -0.4 is 4.74 Å². The van der Waals surface area contributed by atoms with Crippen molar-refractivity contribution in [2.24, 2.45) is 0 Å². The molecule has 0 aliphatic carbocycles. The van der Waals surface area contributed by atoms with Gasteiger partial charge in [-0.25, -0.2) is 0 Å². The first-order valence-electron chi connectivity index (χ1n) is 6.24. The van der Waals surface area contributed by atoms with Crippen LogP contribution in [-0.4, -0.2) is 0 Å². The predicted octanol–water partition coefficient (Wildman–Crippen LogP) is 4.87. The standard InChI is InChI=1S/C16H17ClO/c1-2-3-13-6-10-16(11-7-13)18-12-14-4-8-15(17)9-5-14/h4-11H,2-3,12H2,1H3. The maximum Gasteiger partial charge on any atom is 0.119 e. The molecule has 2 heteroatoms. The van der Waals surface area contributed by atoms with Gasteiger partial charge in [0.25, 0.3) is 0 Å². The Balaban J connectivity index is 1.91. The first-order valence-corrected chi connectivity index (χ1v) is 6.62. The minimum absolute atomic E-state index is 0.574. The molecule has 0 saturated carbocycles. The fraction of sp³-hybridized carbons (Fsp3) is 0.250. The molecule has 0 spiro atoms. The van der Waals surface area contributed by atoms with Crippen LogP contribution >= 0.6 is 11.6 Å². The van der Waals surface area contributed by atoms with Gasteiger partial charge in [0.2, 0.25) is 0 Å². The van der Waals surface area contributed by atoms with Crippen LogP contribution in [0, 0.1) is 0 Å². The second-order valence-electron chi connectivity index (χ2n) is 4.31. The molecule has 0 atom stereocenters. The van der Waals surface area contributed by atoms with Gasteiger partial charge >= 0.3 is 0 Å². The number of benzene rings is 2. The molecule has 0 aliphatic heterocycles. The fourth-order valence-electron chi connectivity index (χ4n) is 1.79. The molecule has 0 amide bonds. The van der Waals surface area contributed by atoms with Crippen LogP contribution in [0.15, 0.2) is 48.5 Å². The minimum Gasteiger partial charge on any atom is -0.489 e.